The monoisotopic (exact) mass is 410 g/mol. The highest BCUT2D eigenvalue weighted by Crippen LogP contribution is 2.29. The highest BCUT2D eigenvalue weighted by Gasteiger charge is 2.23. The third-order valence-corrected chi connectivity index (χ3v) is 4.02. The van der Waals surface area contributed by atoms with Gasteiger partial charge in [-0.15, -0.1) is 0 Å². The van der Waals surface area contributed by atoms with Crippen molar-refractivity contribution in [2.75, 3.05) is 10.6 Å². The average Bonchev–Trinajstić information content (AvgIpc) is 3.13. The van der Waals surface area contributed by atoms with Crippen molar-refractivity contribution in [1.82, 2.24) is 5.16 Å². The number of carbonyl (C=O) groups is 2. The van der Waals surface area contributed by atoms with Gasteiger partial charge < -0.3 is 19.9 Å². The third kappa shape index (κ3) is 4.98. The number of esters is 1. The number of aromatic nitrogens is 1. The van der Waals surface area contributed by atoms with Crippen molar-refractivity contribution in [2.45, 2.75) is 20.0 Å². The second-order valence-electron chi connectivity index (χ2n) is 6.34. The lowest BCUT2D eigenvalue weighted by Crippen LogP contribution is -2.30. The second-order valence-corrected chi connectivity index (χ2v) is 6.34. The molecule has 1 amide bonds. The predicted octanol–water partition coefficient (Wildman–Crippen LogP) is 3.82. The second kappa shape index (κ2) is 8.86. The van der Waals surface area contributed by atoms with Crippen LogP contribution >= 0.6 is 0 Å². The van der Waals surface area contributed by atoms with Crippen molar-refractivity contribution in [1.29, 1.82) is 0 Å². The number of nitro benzene ring substituents is 1. The van der Waals surface area contributed by atoms with Crippen LogP contribution in [-0.2, 0) is 9.53 Å². The maximum atomic E-state index is 12.4. The standard InChI is InChI=1S/C20H18N4O6/c1-12-10-18(23-30-12)22-19(25)13(2)29-20(26)14-8-9-16(17(11-14)24(27)28)21-15-6-4-3-5-7-15/h3-11,13,21H,1-2H3,(H,22,23,25)/t13-/m1/s1. The van der Waals surface area contributed by atoms with E-state index in [9.17, 15) is 19.7 Å². The highest BCUT2D eigenvalue weighted by atomic mass is 16.6. The van der Waals surface area contributed by atoms with Crippen molar-refractivity contribution in [2.24, 2.45) is 0 Å². The first kappa shape index (κ1) is 20.5. The number of anilines is 3. The van der Waals surface area contributed by atoms with Crippen LogP contribution in [0.2, 0.25) is 0 Å². The van der Waals surface area contributed by atoms with Crippen LogP contribution in [-0.4, -0.2) is 28.1 Å². The molecular weight excluding hydrogens is 392 g/mol. The molecule has 0 aliphatic carbocycles. The van der Waals surface area contributed by atoms with Gasteiger partial charge in [-0.25, -0.2) is 4.79 Å². The molecule has 2 aromatic carbocycles. The van der Waals surface area contributed by atoms with Crippen LogP contribution in [0.1, 0.15) is 23.0 Å². The molecular formula is C20H18N4O6. The molecule has 30 heavy (non-hydrogen) atoms. The van der Waals surface area contributed by atoms with E-state index in [0.717, 1.165) is 6.07 Å². The van der Waals surface area contributed by atoms with E-state index in [1.54, 1.807) is 31.2 Å². The van der Waals surface area contributed by atoms with Crippen LogP contribution in [0, 0.1) is 17.0 Å². The van der Waals surface area contributed by atoms with Crippen LogP contribution < -0.4 is 10.6 Å². The topological polar surface area (TPSA) is 137 Å². The Kier molecular flexibility index (Phi) is 6.06. The fourth-order valence-corrected chi connectivity index (χ4v) is 2.53. The van der Waals surface area contributed by atoms with Crippen LogP contribution in [0.15, 0.2) is 59.1 Å². The number of hydrogen-bond acceptors (Lipinski definition) is 8. The van der Waals surface area contributed by atoms with Gasteiger partial charge in [0, 0.05) is 17.8 Å². The molecule has 3 aromatic rings. The van der Waals surface area contributed by atoms with E-state index >= 15 is 0 Å². The Morgan fingerprint density at radius 1 is 1.17 bits per heavy atom. The summed E-state index contributed by atoms with van der Waals surface area (Å²) < 4.78 is 9.96. The Labute approximate surface area is 171 Å². The molecule has 0 fully saturated rings. The van der Waals surface area contributed by atoms with E-state index < -0.39 is 22.9 Å². The Balaban J connectivity index is 1.71. The smallest absolute Gasteiger partial charge is 0.339 e. The summed E-state index contributed by atoms with van der Waals surface area (Å²) in [6.07, 6.45) is -1.16. The molecule has 10 heteroatoms. The Morgan fingerprint density at radius 3 is 2.53 bits per heavy atom. The number of rotatable bonds is 7. The van der Waals surface area contributed by atoms with Gasteiger partial charge in [-0.2, -0.15) is 0 Å². The summed E-state index contributed by atoms with van der Waals surface area (Å²) >= 11 is 0. The van der Waals surface area contributed by atoms with Gasteiger partial charge in [0.05, 0.1) is 10.5 Å². The molecule has 0 saturated heterocycles. The lowest BCUT2D eigenvalue weighted by Gasteiger charge is -2.13. The van der Waals surface area contributed by atoms with Crippen molar-refractivity contribution >= 4 is 34.8 Å². The molecule has 0 aliphatic rings. The zero-order valence-corrected chi connectivity index (χ0v) is 16.1. The Hall–Kier alpha value is -4.21. The van der Waals surface area contributed by atoms with Crippen molar-refractivity contribution < 1.29 is 23.8 Å². The fourth-order valence-electron chi connectivity index (χ4n) is 2.53. The highest BCUT2D eigenvalue weighted by molar-refractivity contribution is 5.97. The largest absolute Gasteiger partial charge is 0.449 e. The molecule has 0 aliphatic heterocycles. The number of carbonyl (C=O) groups excluding carboxylic acids is 2. The first-order valence-corrected chi connectivity index (χ1v) is 8.89. The SMILES string of the molecule is Cc1cc(NC(=O)[C@@H](C)OC(=O)c2ccc(Nc3ccccc3)c([N+](=O)[O-])c2)no1. The van der Waals surface area contributed by atoms with Gasteiger partial charge >= 0.3 is 5.97 Å². The molecule has 0 radical (unpaired) electrons. The summed E-state index contributed by atoms with van der Waals surface area (Å²) in [5.74, 6) is -0.796. The molecule has 0 saturated carbocycles. The molecule has 10 nitrogen and oxygen atoms in total. The minimum Gasteiger partial charge on any atom is -0.449 e. The number of aryl methyl sites for hydroxylation is 1. The first-order valence-electron chi connectivity index (χ1n) is 8.89. The Bertz CT molecular complexity index is 1080. The molecule has 3 rings (SSSR count). The van der Waals surface area contributed by atoms with E-state index in [4.69, 9.17) is 9.26 Å². The van der Waals surface area contributed by atoms with Crippen molar-refractivity contribution in [3.8, 4) is 0 Å². The summed E-state index contributed by atoms with van der Waals surface area (Å²) in [5, 5.41) is 20.5. The lowest BCUT2D eigenvalue weighted by atomic mass is 10.1. The number of para-hydroxylation sites is 1. The molecule has 154 valence electrons. The van der Waals surface area contributed by atoms with E-state index in [1.807, 2.05) is 6.07 Å². The summed E-state index contributed by atoms with van der Waals surface area (Å²) in [5.41, 5.74) is 0.514. The minimum absolute atomic E-state index is 0.0581. The number of hydrogen-bond donors (Lipinski definition) is 2. The van der Waals surface area contributed by atoms with Crippen LogP contribution in [0.25, 0.3) is 0 Å². The lowest BCUT2D eigenvalue weighted by molar-refractivity contribution is -0.383. The quantitative estimate of drug-likeness (QED) is 0.341. The maximum absolute atomic E-state index is 12.4. The van der Waals surface area contributed by atoms with Gasteiger partial charge in [0.2, 0.25) is 0 Å². The molecule has 2 N–H and O–H groups in total. The van der Waals surface area contributed by atoms with E-state index in [-0.39, 0.29) is 22.8 Å². The number of nitrogens with one attached hydrogen (secondary N) is 2. The van der Waals surface area contributed by atoms with Gasteiger partial charge in [-0.05, 0) is 38.1 Å². The summed E-state index contributed by atoms with van der Waals surface area (Å²) in [6, 6.07) is 14.3. The van der Waals surface area contributed by atoms with Crippen LogP contribution in [0.5, 0.6) is 0 Å². The minimum atomic E-state index is -1.16. The van der Waals surface area contributed by atoms with E-state index in [0.29, 0.717) is 11.4 Å². The average molecular weight is 410 g/mol. The molecule has 1 aromatic heterocycles. The van der Waals surface area contributed by atoms with E-state index in [1.165, 1.54) is 25.1 Å². The summed E-state index contributed by atoms with van der Waals surface area (Å²) in [7, 11) is 0. The Morgan fingerprint density at radius 2 is 1.90 bits per heavy atom. The first-order chi connectivity index (χ1) is 14.3. The number of benzene rings is 2. The number of amides is 1. The fraction of sp³-hybridized carbons (Fsp3) is 0.150. The number of nitro groups is 1. The normalized spacial score (nSPS) is 11.4. The summed E-state index contributed by atoms with van der Waals surface area (Å²) in [4.78, 5) is 35.4. The van der Waals surface area contributed by atoms with Crippen molar-refractivity contribution in [3.63, 3.8) is 0 Å². The van der Waals surface area contributed by atoms with Crippen LogP contribution in [0.4, 0.5) is 22.9 Å². The molecule has 1 heterocycles. The molecule has 0 bridgehead atoms. The molecule has 0 unspecified atom stereocenters. The molecule has 1 atom stereocenters. The third-order valence-electron chi connectivity index (χ3n) is 4.02. The van der Waals surface area contributed by atoms with Crippen LogP contribution in [0.3, 0.4) is 0 Å². The van der Waals surface area contributed by atoms with Gasteiger partial charge in [0.25, 0.3) is 11.6 Å². The predicted molar refractivity (Wildman–Crippen MR) is 108 cm³/mol. The van der Waals surface area contributed by atoms with E-state index in [2.05, 4.69) is 15.8 Å². The summed E-state index contributed by atoms with van der Waals surface area (Å²) in [6.45, 7) is 3.04. The van der Waals surface area contributed by atoms with Gasteiger partial charge in [-0.3, -0.25) is 14.9 Å². The zero-order valence-electron chi connectivity index (χ0n) is 16.1. The number of ether oxygens (including phenoxy) is 1. The number of nitrogens with zero attached hydrogens (tertiary/aromatic N) is 2. The molecule has 0 spiro atoms. The van der Waals surface area contributed by atoms with Gasteiger partial charge in [0.1, 0.15) is 11.4 Å². The maximum Gasteiger partial charge on any atom is 0.339 e. The van der Waals surface area contributed by atoms with Crippen molar-refractivity contribution in [3.05, 3.63) is 76.0 Å². The van der Waals surface area contributed by atoms with Gasteiger partial charge in [0.15, 0.2) is 11.9 Å². The van der Waals surface area contributed by atoms with Gasteiger partial charge in [-0.1, -0.05) is 23.4 Å². The zero-order chi connectivity index (χ0) is 21.7.